The minimum atomic E-state index is -0.429. The van der Waals surface area contributed by atoms with Gasteiger partial charge in [-0.2, -0.15) is 5.26 Å². The van der Waals surface area contributed by atoms with E-state index in [2.05, 4.69) is 5.32 Å². The Balaban J connectivity index is 2.33. The van der Waals surface area contributed by atoms with Crippen LogP contribution in [-0.4, -0.2) is 24.7 Å². The average Bonchev–Trinajstić information content (AvgIpc) is 2.56. The number of hydrogen-bond acceptors (Lipinski definition) is 3. The lowest BCUT2D eigenvalue weighted by Crippen LogP contribution is -2.39. The molecule has 1 N–H and O–H groups in total. The van der Waals surface area contributed by atoms with E-state index < -0.39 is 6.04 Å². The molecule has 0 aliphatic carbocycles. The van der Waals surface area contributed by atoms with Crippen LogP contribution in [0.5, 0.6) is 0 Å². The van der Waals surface area contributed by atoms with E-state index in [4.69, 9.17) is 10.00 Å². The van der Waals surface area contributed by atoms with Crippen LogP contribution in [0.4, 0.5) is 0 Å². The Hall–Kier alpha value is -1.08. The molecule has 4 heteroatoms. The number of hydrogen-bond donors (Lipinski definition) is 1. The highest BCUT2D eigenvalue weighted by molar-refractivity contribution is 5.81. The summed E-state index contributed by atoms with van der Waals surface area (Å²) in [7, 11) is 0. The summed E-state index contributed by atoms with van der Waals surface area (Å²) >= 11 is 0. The molecule has 1 heterocycles. The number of rotatable bonds is 2. The van der Waals surface area contributed by atoms with Crippen molar-refractivity contribution >= 4 is 5.91 Å². The summed E-state index contributed by atoms with van der Waals surface area (Å²) in [6.45, 7) is 2.30. The van der Waals surface area contributed by atoms with Gasteiger partial charge >= 0.3 is 0 Å². The molecule has 0 saturated carbocycles. The topological polar surface area (TPSA) is 62.1 Å². The molecule has 1 rings (SSSR count). The smallest absolute Gasteiger partial charge is 0.250 e. The Bertz CT molecular complexity index is 204. The van der Waals surface area contributed by atoms with E-state index in [1.54, 1.807) is 6.92 Å². The highest BCUT2D eigenvalue weighted by Gasteiger charge is 2.24. The van der Waals surface area contributed by atoms with Gasteiger partial charge in [-0.15, -0.1) is 0 Å². The van der Waals surface area contributed by atoms with E-state index >= 15 is 0 Å². The van der Waals surface area contributed by atoms with Crippen molar-refractivity contribution < 1.29 is 9.53 Å². The molecule has 1 amide bonds. The van der Waals surface area contributed by atoms with E-state index in [1.807, 2.05) is 6.07 Å². The number of ether oxygens (including phenoxy) is 1. The number of nitrogens with one attached hydrogen (secondary N) is 1. The first-order valence-corrected chi connectivity index (χ1v) is 4.05. The molecule has 0 radical (unpaired) electrons. The van der Waals surface area contributed by atoms with Crippen LogP contribution >= 0.6 is 0 Å². The monoisotopic (exact) mass is 168 g/mol. The Morgan fingerprint density at radius 2 is 2.58 bits per heavy atom. The zero-order valence-electron chi connectivity index (χ0n) is 7.04. The van der Waals surface area contributed by atoms with Crippen molar-refractivity contribution in [1.82, 2.24) is 5.32 Å². The molecule has 0 spiro atoms. The van der Waals surface area contributed by atoms with Crippen molar-refractivity contribution in [3.8, 4) is 6.07 Å². The maximum absolute atomic E-state index is 11.2. The van der Waals surface area contributed by atoms with Gasteiger partial charge in [-0.3, -0.25) is 4.79 Å². The second-order valence-electron chi connectivity index (χ2n) is 2.86. The molecule has 0 unspecified atom stereocenters. The average molecular weight is 168 g/mol. The van der Waals surface area contributed by atoms with Crippen molar-refractivity contribution in [2.45, 2.75) is 31.9 Å². The van der Waals surface area contributed by atoms with Crippen LogP contribution in [0, 0.1) is 11.3 Å². The third-order valence-electron chi connectivity index (χ3n) is 1.77. The number of carbonyl (C=O) groups is 1. The molecule has 4 nitrogen and oxygen atoms in total. The van der Waals surface area contributed by atoms with Crippen LogP contribution in [0.15, 0.2) is 0 Å². The Labute approximate surface area is 71.5 Å². The summed E-state index contributed by atoms with van der Waals surface area (Å²) in [5, 5.41) is 11.0. The molecular weight excluding hydrogens is 156 g/mol. The van der Waals surface area contributed by atoms with Gasteiger partial charge in [0.15, 0.2) is 0 Å². The lowest BCUT2D eigenvalue weighted by Gasteiger charge is -2.10. The highest BCUT2D eigenvalue weighted by atomic mass is 16.5. The highest BCUT2D eigenvalue weighted by Crippen LogP contribution is 2.11. The van der Waals surface area contributed by atoms with Gasteiger partial charge in [-0.1, -0.05) is 0 Å². The lowest BCUT2D eigenvalue weighted by molar-refractivity contribution is -0.130. The van der Waals surface area contributed by atoms with Gasteiger partial charge < -0.3 is 10.1 Å². The van der Waals surface area contributed by atoms with Crippen LogP contribution in [-0.2, 0) is 9.53 Å². The second kappa shape index (κ2) is 4.07. The third kappa shape index (κ3) is 2.21. The van der Waals surface area contributed by atoms with Crippen molar-refractivity contribution in [3.05, 3.63) is 0 Å². The molecule has 1 aliphatic heterocycles. The standard InChI is InChI=1S/C8H12N2O2/c1-6(5-9)10-8(11)7-3-2-4-12-7/h6-7H,2-4H2,1H3,(H,10,11)/t6-,7-/m1/s1. The van der Waals surface area contributed by atoms with E-state index in [0.717, 1.165) is 12.8 Å². The zero-order valence-corrected chi connectivity index (χ0v) is 7.04. The second-order valence-corrected chi connectivity index (χ2v) is 2.86. The maximum Gasteiger partial charge on any atom is 0.250 e. The minimum absolute atomic E-state index is 0.165. The van der Waals surface area contributed by atoms with E-state index in [-0.39, 0.29) is 12.0 Å². The van der Waals surface area contributed by atoms with Crippen molar-refractivity contribution in [2.75, 3.05) is 6.61 Å². The fourth-order valence-corrected chi connectivity index (χ4v) is 1.12. The van der Waals surface area contributed by atoms with E-state index in [0.29, 0.717) is 6.61 Å². The van der Waals surface area contributed by atoms with Crippen LogP contribution in [0.25, 0.3) is 0 Å². The van der Waals surface area contributed by atoms with Crippen LogP contribution < -0.4 is 5.32 Å². The van der Waals surface area contributed by atoms with Gasteiger partial charge in [0.1, 0.15) is 12.1 Å². The third-order valence-corrected chi connectivity index (χ3v) is 1.77. The quantitative estimate of drug-likeness (QED) is 0.640. The fraction of sp³-hybridized carbons (Fsp3) is 0.750. The summed E-state index contributed by atoms with van der Waals surface area (Å²) in [4.78, 5) is 11.2. The molecule has 0 aromatic rings. The van der Waals surface area contributed by atoms with Crippen LogP contribution in [0.2, 0.25) is 0 Å². The molecule has 12 heavy (non-hydrogen) atoms. The van der Waals surface area contributed by atoms with Gasteiger partial charge in [0.2, 0.25) is 5.91 Å². The van der Waals surface area contributed by atoms with Gasteiger partial charge in [0, 0.05) is 6.61 Å². The van der Waals surface area contributed by atoms with E-state index in [9.17, 15) is 4.79 Å². The number of nitriles is 1. The minimum Gasteiger partial charge on any atom is -0.368 e. The summed E-state index contributed by atoms with van der Waals surface area (Å²) in [5.41, 5.74) is 0. The van der Waals surface area contributed by atoms with Crippen molar-refractivity contribution in [1.29, 1.82) is 5.26 Å². The van der Waals surface area contributed by atoms with Crippen LogP contribution in [0.1, 0.15) is 19.8 Å². The largest absolute Gasteiger partial charge is 0.368 e. The van der Waals surface area contributed by atoms with Gasteiger partial charge in [0.25, 0.3) is 0 Å². The Morgan fingerprint density at radius 3 is 3.08 bits per heavy atom. The molecule has 1 fully saturated rings. The SMILES string of the molecule is C[C@H](C#N)NC(=O)[C@H]1CCCO1. The predicted molar refractivity (Wildman–Crippen MR) is 42.2 cm³/mol. The molecule has 66 valence electrons. The molecular formula is C8H12N2O2. The van der Waals surface area contributed by atoms with Gasteiger partial charge in [-0.25, -0.2) is 0 Å². The van der Waals surface area contributed by atoms with Gasteiger partial charge in [0.05, 0.1) is 6.07 Å². The predicted octanol–water partition coefficient (Wildman–Crippen LogP) is 0.194. The summed E-state index contributed by atoms with van der Waals surface area (Å²) in [6.07, 6.45) is 1.36. The summed E-state index contributed by atoms with van der Waals surface area (Å²) in [6, 6.07) is 1.50. The molecule has 1 saturated heterocycles. The molecule has 0 bridgehead atoms. The fourth-order valence-electron chi connectivity index (χ4n) is 1.12. The molecule has 2 atom stereocenters. The number of carbonyl (C=O) groups excluding carboxylic acids is 1. The first kappa shape index (κ1) is 9.01. The van der Waals surface area contributed by atoms with Crippen LogP contribution in [0.3, 0.4) is 0 Å². The summed E-state index contributed by atoms with van der Waals surface area (Å²) in [5.74, 6) is -0.165. The first-order chi connectivity index (χ1) is 5.74. The summed E-state index contributed by atoms with van der Waals surface area (Å²) < 4.78 is 5.14. The number of nitrogens with zero attached hydrogens (tertiary/aromatic N) is 1. The molecule has 0 aromatic heterocycles. The molecule has 0 aromatic carbocycles. The van der Waals surface area contributed by atoms with Gasteiger partial charge in [-0.05, 0) is 19.8 Å². The van der Waals surface area contributed by atoms with Crippen molar-refractivity contribution in [3.63, 3.8) is 0 Å². The lowest BCUT2D eigenvalue weighted by atomic mass is 10.2. The van der Waals surface area contributed by atoms with E-state index in [1.165, 1.54) is 0 Å². The molecule has 1 aliphatic rings. The van der Waals surface area contributed by atoms with Crippen molar-refractivity contribution in [2.24, 2.45) is 0 Å². The Morgan fingerprint density at radius 1 is 1.83 bits per heavy atom. The Kier molecular flexibility index (Phi) is 3.06. The zero-order chi connectivity index (χ0) is 8.97. The maximum atomic E-state index is 11.2. The number of amides is 1. The first-order valence-electron chi connectivity index (χ1n) is 4.05. The normalized spacial score (nSPS) is 24.5.